The van der Waals surface area contributed by atoms with Gasteiger partial charge in [-0.05, 0) is 25.7 Å². The molecule has 104 valence electrons. The van der Waals surface area contributed by atoms with Crippen molar-refractivity contribution in [2.24, 2.45) is 5.92 Å². The maximum atomic E-state index is 11.9. The molecule has 1 aliphatic heterocycles. The SMILES string of the molecule is CCOC(=O)CCC(=O)N1CCC(COC)CC1. The van der Waals surface area contributed by atoms with E-state index < -0.39 is 0 Å². The highest BCUT2D eigenvalue weighted by Gasteiger charge is 2.22. The Kier molecular flexibility index (Phi) is 6.72. The monoisotopic (exact) mass is 257 g/mol. The van der Waals surface area contributed by atoms with Crippen molar-refractivity contribution >= 4 is 11.9 Å². The molecular formula is C13H23NO4. The highest BCUT2D eigenvalue weighted by molar-refractivity contribution is 5.81. The number of rotatable bonds is 6. The van der Waals surface area contributed by atoms with E-state index in [1.54, 1.807) is 14.0 Å². The third-order valence-electron chi connectivity index (χ3n) is 3.22. The molecule has 0 unspecified atom stereocenters. The fourth-order valence-electron chi connectivity index (χ4n) is 2.18. The van der Waals surface area contributed by atoms with Crippen molar-refractivity contribution in [1.29, 1.82) is 0 Å². The van der Waals surface area contributed by atoms with Crippen molar-refractivity contribution in [3.8, 4) is 0 Å². The topological polar surface area (TPSA) is 55.8 Å². The van der Waals surface area contributed by atoms with Crippen molar-refractivity contribution in [2.75, 3.05) is 33.4 Å². The van der Waals surface area contributed by atoms with Crippen LogP contribution in [-0.2, 0) is 19.1 Å². The average Bonchev–Trinajstić information content (AvgIpc) is 2.37. The summed E-state index contributed by atoms with van der Waals surface area (Å²) in [4.78, 5) is 24.9. The lowest BCUT2D eigenvalue weighted by Gasteiger charge is -2.31. The van der Waals surface area contributed by atoms with Crippen molar-refractivity contribution < 1.29 is 19.1 Å². The molecule has 1 heterocycles. The van der Waals surface area contributed by atoms with Gasteiger partial charge in [0.05, 0.1) is 13.0 Å². The fourth-order valence-corrected chi connectivity index (χ4v) is 2.18. The summed E-state index contributed by atoms with van der Waals surface area (Å²) in [6.07, 6.45) is 2.41. The van der Waals surface area contributed by atoms with E-state index in [2.05, 4.69) is 0 Å². The van der Waals surface area contributed by atoms with E-state index in [4.69, 9.17) is 9.47 Å². The molecule has 1 aliphatic rings. The molecule has 0 aliphatic carbocycles. The maximum absolute atomic E-state index is 11.9. The Balaban J connectivity index is 2.21. The standard InChI is InChI=1S/C13H23NO4/c1-3-18-13(16)5-4-12(15)14-8-6-11(7-9-14)10-17-2/h11H,3-10H2,1-2H3. The predicted molar refractivity (Wildman–Crippen MR) is 67.0 cm³/mol. The Labute approximate surface area is 108 Å². The van der Waals surface area contributed by atoms with Crippen molar-refractivity contribution in [2.45, 2.75) is 32.6 Å². The van der Waals surface area contributed by atoms with Crippen LogP contribution in [-0.4, -0.2) is 50.2 Å². The molecule has 1 fully saturated rings. The van der Waals surface area contributed by atoms with E-state index in [1.165, 1.54) is 0 Å². The summed E-state index contributed by atoms with van der Waals surface area (Å²) in [6.45, 7) is 4.45. The second-order valence-electron chi connectivity index (χ2n) is 4.58. The smallest absolute Gasteiger partial charge is 0.306 e. The van der Waals surface area contributed by atoms with Crippen LogP contribution in [0.3, 0.4) is 0 Å². The van der Waals surface area contributed by atoms with Crippen LogP contribution < -0.4 is 0 Å². The van der Waals surface area contributed by atoms with Gasteiger partial charge in [0.25, 0.3) is 0 Å². The summed E-state index contributed by atoms with van der Waals surface area (Å²) in [6, 6.07) is 0. The molecular weight excluding hydrogens is 234 g/mol. The van der Waals surface area contributed by atoms with Gasteiger partial charge in [-0.25, -0.2) is 0 Å². The largest absolute Gasteiger partial charge is 0.466 e. The third-order valence-corrected chi connectivity index (χ3v) is 3.22. The number of piperidine rings is 1. The summed E-state index contributed by atoms with van der Waals surface area (Å²) in [5.74, 6) is 0.322. The zero-order valence-electron chi connectivity index (χ0n) is 11.3. The lowest BCUT2D eigenvalue weighted by atomic mass is 9.97. The number of ether oxygens (including phenoxy) is 2. The van der Waals surface area contributed by atoms with E-state index >= 15 is 0 Å². The number of methoxy groups -OCH3 is 1. The molecule has 0 atom stereocenters. The summed E-state index contributed by atoms with van der Waals surface area (Å²) in [5.41, 5.74) is 0. The molecule has 5 nitrogen and oxygen atoms in total. The number of likely N-dealkylation sites (tertiary alicyclic amines) is 1. The van der Waals surface area contributed by atoms with Crippen LogP contribution in [0.15, 0.2) is 0 Å². The molecule has 18 heavy (non-hydrogen) atoms. The molecule has 0 bridgehead atoms. The van der Waals surface area contributed by atoms with Gasteiger partial charge in [0, 0.05) is 33.2 Å². The van der Waals surface area contributed by atoms with Crippen LogP contribution in [0.2, 0.25) is 0 Å². The first-order valence-electron chi connectivity index (χ1n) is 6.59. The number of carbonyl (C=O) groups is 2. The minimum atomic E-state index is -0.292. The molecule has 0 radical (unpaired) electrons. The number of carbonyl (C=O) groups excluding carboxylic acids is 2. The molecule has 1 saturated heterocycles. The molecule has 0 saturated carbocycles. The fraction of sp³-hybridized carbons (Fsp3) is 0.846. The summed E-state index contributed by atoms with van der Waals surface area (Å²) < 4.78 is 9.92. The van der Waals surface area contributed by atoms with Gasteiger partial charge in [0.15, 0.2) is 0 Å². The lowest BCUT2D eigenvalue weighted by Crippen LogP contribution is -2.39. The Morgan fingerprint density at radius 3 is 2.44 bits per heavy atom. The first-order chi connectivity index (χ1) is 8.67. The van der Waals surface area contributed by atoms with E-state index in [9.17, 15) is 9.59 Å². The van der Waals surface area contributed by atoms with Crippen molar-refractivity contribution in [3.63, 3.8) is 0 Å². The molecule has 0 spiro atoms. The number of esters is 1. The first kappa shape index (κ1) is 15.0. The highest BCUT2D eigenvalue weighted by Crippen LogP contribution is 2.18. The zero-order valence-corrected chi connectivity index (χ0v) is 11.3. The normalized spacial score (nSPS) is 16.7. The van der Waals surface area contributed by atoms with Gasteiger partial charge < -0.3 is 14.4 Å². The third kappa shape index (κ3) is 5.04. The van der Waals surface area contributed by atoms with E-state index in [-0.39, 0.29) is 24.7 Å². The Morgan fingerprint density at radius 1 is 1.22 bits per heavy atom. The predicted octanol–water partition coefficient (Wildman–Crippen LogP) is 1.21. The maximum Gasteiger partial charge on any atom is 0.306 e. The van der Waals surface area contributed by atoms with Gasteiger partial charge in [-0.15, -0.1) is 0 Å². The zero-order chi connectivity index (χ0) is 13.4. The molecule has 0 aromatic rings. The van der Waals surface area contributed by atoms with Crippen LogP contribution in [0, 0.1) is 5.92 Å². The van der Waals surface area contributed by atoms with Crippen LogP contribution in [0.25, 0.3) is 0 Å². The minimum Gasteiger partial charge on any atom is -0.466 e. The number of amides is 1. The molecule has 0 N–H and O–H groups in total. The lowest BCUT2D eigenvalue weighted by molar-refractivity contribution is -0.146. The van der Waals surface area contributed by atoms with Gasteiger partial charge in [-0.1, -0.05) is 0 Å². The van der Waals surface area contributed by atoms with Crippen LogP contribution in [0.5, 0.6) is 0 Å². The van der Waals surface area contributed by atoms with Gasteiger partial charge in [-0.3, -0.25) is 9.59 Å². The summed E-state index contributed by atoms with van der Waals surface area (Å²) >= 11 is 0. The van der Waals surface area contributed by atoms with Gasteiger partial charge in [0.2, 0.25) is 5.91 Å². The molecule has 0 aromatic carbocycles. The molecule has 1 amide bonds. The second kappa shape index (κ2) is 8.08. The number of hydrogen-bond donors (Lipinski definition) is 0. The van der Waals surface area contributed by atoms with E-state index in [0.717, 1.165) is 32.5 Å². The summed E-state index contributed by atoms with van der Waals surface area (Å²) in [7, 11) is 1.71. The van der Waals surface area contributed by atoms with Crippen LogP contribution in [0.1, 0.15) is 32.6 Å². The average molecular weight is 257 g/mol. The summed E-state index contributed by atoms with van der Waals surface area (Å²) in [5, 5.41) is 0. The number of hydrogen-bond acceptors (Lipinski definition) is 4. The quantitative estimate of drug-likeness (QED) is 0.671. The van der Waals surface area contributed by atoms with Gasteiger partial charge in [0.1, 0.15) is 0 Å². The minimum absolute atomic E-state index is 0.0546. The first-order valence-corrected chi connectivity index (χ1v) is 6.59. The van der Waals surface area contributed by atoms with E-state index in [0.29, 0.717) is 12.5 Å². The van der Waals surface area contributed by atoms with E-state index in [1.807, 2.05) is 4.90 Å². The molecule has 5 heteroatoms. The van der Waals surface area contributed by atoms with Gasteiger partial charge in [-0.2, -0.15) is 0 Å². The highest BCUT2D eigenvalue weighted by atomic mass is 16.5. The van der Waals surface area contributed by atoms with Crippen LogP contribution >= 0.6 is 0 Å². The Hall–Kier alpha value is -1.10. The van der Waals surface area contributed by atoms with Crippen LogP contribution in [0.4, 0.5) is 0 Å². The molecule has 0 aromatic heterocycles. The van der Waals surface area contributed by atoms with Gasteiger partial charge >= 0.3 is 5.97 Å². The Morgan fingerprint density at radius 2 is 1.89 bits per heavy atom. The number of nitrogens with zero attached hydrogens (tertiary/aromatic N) is 1. The Bertz CT molecular complexity index is 272. The van der Waals surface area contributed by atoms with Crippen molar-refractivity contribution in [1.82, 2.24) is 4.90 Å². The van der Waals surface area contributed by atoms with Crippen molar-refractivity contribution in [3.05, 3.63) is 0 Å². The second-order valence-corrected chi connectivity index (χ2v) is 4.58. The molecule has 1 rings (SSSR count).